The van der Waals surface area contributed by atoms with Crippen LogP contribution in [0.5, 0.6) is 0 Å². The summed E-state index contributed by atoms with van der Waals surface area (Å²) in [6.45, 7) is 3.79. The van der Waals surface area contributed by atoms with Crippen LogP contribution in [0.1, 0.15) is 11.5 Å². The van der Waals surface area contributed by atoms with E-state index in [1.807, 2.05) is 6.07 Å². The first-order valence-corrected chi connectivity index (χ1v) is 5.83. The summed E-state index contributed by atoms with van der Waals surface area (Å²) >= 11 is 0. The third-order valence-corrected chi connectivity index (χ3v) is 3.28. The average molecular weight is 293 g/mol. The van der Waals surface area contributed by atoms with Crippen LogP contribution in [-0.4, -0.2) is 44.3 Å². The van der Waals surface area contributed by atoms with E-state index in [-0.39, 0.29) is 30.9 Å². The van der Waals surface area contributed by atoms with E-state index in [0.717, 1.165) is 26.2 Å². The first kappa shape index (κ1) is 17.7. The predicted octanol–water partition coefficient (Wildman–Crippen LogP) is 1.90. The van der Waals surface area contributed by atoms with Crippen LogP contribution in [0.2, 0.25) is 0 Å². The number of rotatable bonds is 4. The van der Waals surface area contributed by atoms with E-state index in [1.54, 1.807) is 7.11 Å². The predicted molar refractivity (Wildman–Crippen MR) is 80.0 cm³/mol. The molecule has 1 heterocycles. The topological polar surface area (TPSA) is 38.5 Å². The largest absolute Gasteiger partial charge is 0.383 e. The van der Waals surface area contributed by atoms with E-state index in [0.29, 0.717) is 5.92 Å². The highest BCUT2D eigenvalue weighted by Gasteiger charge is 2.30. The fraction of sp³-hybridized carbons (Fsp3) is 0.538. The van der Waals surface area contributed by atoms with Crippen LogP contribution in [0.3, 0.4) is 0 Å². The van der Waals surface area contributed by atoms with Gasteiger partial charge in [-0.2, -0.15) is 0 Å². The molecule has 0 amide bonds. The van der Waals surface area contributed by atoms with E-state index in [4.69, 9.17) is 10.5 Å². The normalized spacial score (nSPS) is 23.2. The molecule has 2 N–H and O–H groups in total. The molecule has 0 spiro atoms. The smallest absolute Gasteiger partial charge is 0.0589 e. The molecule has 18 heavy (non-hydrogen) atoms. The minimum absolute atomic E-state index is 0. The number of nitrogens with zero attached hydrogens (tertiary/aromatic N) is 1. The van der Waals surface area contributed by atoms with Crippen LogP contribution in [0.4, 0.5) is 0 Å². The van der Waals surface area contributed by atoms with E-state index in [9.17, 15) is 0 Å². The van der Waals surface area contributed by atoms with Crippen molar-refractivity contribution in [2.75, 3.05) is 33.4 Å². The molecule has 0 radical (unpaired) electrons. The summed E-state index contributed by atoms with van der Waals surface area (Å²) in [5.74, 6) is 0.470. The van der Waals surface area contributed by atoms with Crippen molar-refractivity contribution in [3.63, 3.8) is 0 Å². The lowest BCUT2D eigenvalue weighted by atomic mass is 9.95. The van der Waals surface area contributed by atoms with Crippen molar-refractivity contribution >= 4 is 24.8 Å². The second kappa shape index (κ2) is 8.73. The number of nitrogens with two attached hydrogens (primary N) is 1. The summed E-state index contributed by atoms with van der Waals surface area (Å²) in [6.07, 6.45) is 0. The van der Waals surface area contributed by atoms with Crippen LogP contribution < -0.4 is 5.73 Å². The van der Waals surface area contributed by atoms with Gasteiger partial charge in [0.1, 0.15) is 0 Å². The number of methoxy groups -OCH3 is 1. The van der Waals surface area contributed by atoms with Gasteiger partial charge in [0.25, 0.3) is 0 Å². The summed E-state index contributed by atoms with van der Waals surface area (Å²) in [5.41, 5.74) is 7.55. The Labute approximate surface area is 121 Å². The van der Waals surface area contributed by atoms with Gasteiger partial charge in [0.15, 0.2) is 0 Å². The van der Waals surface area contributed by atoms with Crippen molar-refractivity contribution in [2.24, 2.45) is 5.73 Å². The number of likely N-dealkylation sites (tertiary alicyclic amines) is 1. The van der Waals surface area contributed by atoms with Gasteiger partial charge >= 0.3 is 0 Å². The lowest BCUT2D eigenvalue weighted by molar-refractivity contribution is 0.160. The summed E-state index contributed by atoms with van der Waals surface area (Å²) in [7, 11) is 1.74. The lowest BCUT2D eigenvalue weighted by Gasteiger charge is -2.15. The van der Waals surface area contributed by atoms with Crippen molar-refractivity contribution in [1.29, 1.82) is 0 Å². The Hall–Kier alpha value is -0.320. The number of benzene rings is 1. The Morgan fingerprint density at radius 2 is 1.89 bits per heavy atom. The summed E-state index contributed by atoms with van der Waals surface area (Å²) < 4.78 is 5.10. The summed E-state index contributed by atoms with van der Waals surface area (Å²) in [4.78, 5) is 2.38. The summed E-state index contributed by atoms with van der Waals surface area (Å²) in [5, 5.41) is 0. The molecule has 0 aromatic heterocycles. The maximum Gasteiger partial charge on any atom is 0.0589 e. The van der Waals surface area contributed by atoms with Gasteiger partial charge in [-0.3, -0.25) is 4.90 Å². The van der Waals surface area contributed by atoms with Gasteiger partial charge < -0.3 is 10.5 Å². The van der Waals surface area contributed by atoms with Gasteiger partial charge in [-0.1, -0.05) is 30.3 Å². The van der Waals surface area contributed by atoms with Crippen molar-refractivity contribution in [3.8, 4) is 0 Å². The molecule has 1 aliphatic heterocycles. The van der Waals surface area contributed by atoms with Gasteiger partial charge in [0, 0.05) is 38.7 Å². The molecule has 1 fully saturated rings. The highest BCUT2D eigenvalue weighted by Crippen LogP contribution is 2.25. The standard InChI is InChI=1S/C13H20N2O.2ClH/c1-16-8-7-15-9-12(13(14)10-15)11-5-3-2-4-6-11;;/h2-6,12-13H,7-10,14H2,1H3;2*1H. The first-order chi connectivity index (χ1) is 7.81. The van der Waals surface area contributed by atoms with Crippen LogP contribution in [0, 0.1) is 0 Å². The minimum Gasteiger partial charge on any atom is -0.383 e. The average Bonchev–Trinajstić information content (AvgIpc) is 2.69. The Bertz CT molecular complexity index is 324. The first-order valence-electron chi connectivity index (χ1n) is 5.83. The molecule has 104 valence electrons. The number of hydrogen-bond donors (Lipinski definition) is 1. The zero-order valence-electron chi connectivity index (χ0n) is 10.6. The monoisotopic (exact) mass is 292 g/mol. The molecule has 2 unspecified atom stereocenters. The van der Waals surface area contributed by atoms with Gasteiger partial charge in [-0.25, -0.2) is 0 Å². The SMILES string of the molecule is COCCN1CC(N)C(c2ccccc2)C1.Cl.Cl. The molecule has 2 rings (SSSR count). The molecular formula is C13H22Cl2N2O. The quantitative estimate of drug-likeness (QED) is 0.921. The Kier molecular flexibility index (Phi) is 8.57. The zero-order valence-corrected chi connectivity index (χ0v) is 12.3. The Morgan fingerprint density at radius 1 is 1.22 bits per heavy atom. The third kappa shape index (κ3) is 4.41. The fourth-order valence-electron chi connectivity index (χ4n) is 2.37. The molecule has 0 aliphatic carbocycles. The molecule has 1 aromatic rings. The van der Waals surface area contributed by atoms with Crippen LogP contribution in [0.15, 0.2) is 30.3 Å². The van der Waals surface area contributed by atoms with Crippen molar-refractivity contribution in [1.82, 2.24) is 4.90 Å². The fourth-order valence-corrected chi connectivity index (χ4v) is 2.37. The molecule has 1 saturated heterocycles. The van der Waals surface area contributed by atoms with E-state index < -0.39 is 0 Å². The van der Waals surface area contributed by atoms with Gasteiger partial charge in [0.2, 0.25) is 0 Å². The number of ether oxygens (including phenoxy) is 1. The Balaban J connectivity index is 0.00000144. The summed E-state index contributed by atoms with van der Waals surface area (Å²) in [6, 6.07) is 10.8. The molecule has 2 atom stereocenters. The molecule has 0 saturated carbocycles. The Morgan fingerprint density at radius 3 is 2.50 bits per heavy atom. The van der Waals surface area contributed by atoms with E-state index in [2.05, 4.69) is 29.2 Å². The van der Waals surface area contributed by atoms with Crippen LogP contribution in [0.25, 0.3) is 0 Å². The van der Waals surface area contributed by atoms with Crippen LogP contribution >= 0.6 is 24.8 Å². The van der Waals surface area contributed by atoms with Gasteiger partial charge in [-0.05, 0) is 5.56 Å². The van der Waals surface area contributed by atoms with Gasteiger partial charge in [-0.15, -0.1) is 24.8 Å². The molecule has 5 heteroatoms. The van der Waals surface area contributed by atoms with E-state index >= 15 is 0 Å². The number of hydrogen-bond acceptors (Lipinski definition) is 3. The second-order valence-corrected chi connectivity index (χ2v) is 4.43. The van der Waals surface area contributed by atoms with Crippen molar-refractivity contribution in [3.05, 3.63) is 35.9 Å². The van der Waals surface area contributed by atoms with Gasteiger partial charge in [0.05, 0.1) is 6.61 Å². The molecule has 1 aromatic carbocycles. The maximum atomic E-state index is 6.19. The lowest BCUT2D eigenvalue weighted by Crippen LogP contribution is -2.30. The second-order valence-electron chi connectivity index (χ2n) is 4.43. The maximum absolute atomic E-state index is 6.19. The third-order valence-electron chi connectivity index (χ3n) is 3.28. The van der Waals surface area contributed by atoms with E-state index in [1.165, 1.54) is 5.56 Å². The highest BCUT2D eigenvalue weighted by molar-refractivity contribution is 5.85. The number of halogens is 2. The van der Waals surface area contributed by atoms with Crippen LogP contribution in [-0.2, 0) is 4.74 Å². The zero-order chi connectivity index (χ0) is 11.4. The molecule has 0 bridgehead atoms. The highest BCUT2D eigenvalue weighted by atomic mass is 35.5. The van der Waals surface area contributed by atoms with Crippen molar-refractivity contribution < 1.29 is 4.74 Å². The molecule has 3 nitrogen and oxygen atoms in total. The molecule has 1 aliphatic rings. The minimum atomic E-state index is 0. The molecular weight excluding hydrogens is 271 g/mol. The van der Waals surface area contributed by atoms with Crippen molar-refractivity contribution in [2.45, 2.75) is 12.0 Å².